The zero-order valence-electron chi connectivity index (χ0n) is 12.6. The maximum Gasteiger partial charge on any atom is 0.152 e. The smallest absolute Gasteiger partial charge is 0.152 e. The van der Waals surface area contributed by atoms with E-state index in [0.717, 1.165) is 30.4 Å². The fraction of sp³-hybridized carbons (Fsp3) is 0.529. The molecular formula is C17H22ClNO2. The van der Waals surface area contributed by atoms with Crippen LogP contribution in [-0.2, 0) is 4.74 Å². The van der Waals surface area contributed by atoms with Crippen LogP contribution in [0.5, 0.6) is 0 Å². The van der Waals surface area contributed by atoms with E-state index in [2.05, 4.69) is 6.92 Å². The van der Waals surface area contributed by atoms with Crippen molar-refractivity contribution in [3.05, 3.63) is 35.0 Å². The molecule has 0 radical (unpaired) electrons. The molecule has 0 saturated heterocycles. The number of methoxy groups -OCH3 is 1. The van der Waals surface area contributed by atoms with Crippen molar-refractivity contribution in [2.24, 2.45) is 11.7 Å². The minimum atomic E-state index is -0.335. The second-order valence-corrected chi connectivity index (χ2v) is 6.66. The van der Waals surface area contributed by atoms with Gasteiger partial charge in [-0.2, -0.15) is 0 Å². The summed E-state index contributed by atoms with van der Waals surface area (Å²) < 4.78 is 11.8. The zero-order chi connectivity index (χ0) is 15.0. The molecule has 3 nitrogen and oxygen atoms in total. The van der Waals surface area contributed by atoms with E-state index in [1.54, 1.807) is 7.11 Å². The van der Waals surface area contributed by atoms with Crippen LogP contribution in [0.4, 0.5) is 0 Å². The molecule has 1 aliphatic carbocycles. The third kappa shape index (κ3) is 2.59. The van der Waals surface area contributed by atoms with Gasteiger partial charge in [-0.25, -0.2) is 0 Å². The number of hydrogen-bond acceptors (Lipinski definition) is 3. The number of fused-ring (bicyclic) bond motifs is 1. The first-order valence-corrected chi connectivity index (χ1v) is 7.92. The second kappa shape index (κ2) is 5.64. The van der Waals surface area contributed by atoms with Crippen LogP contribution in [0.1, 0.15) is 44.4 Å². The molecular weight excluding hydrogens is 286 g/mol. The Morgan fingerprint density at radius 3 is 2.95 bits per heavy atom. The first-order chi connectivity index (χ1) is 10.1. The summed E-state index contributed by atoms with van der Waals surface area (Å²) in [6.45, 7) is 2.26. The van der Waals surface area contributed by atoms with Gasteiger partial charge in [0.2, 0.25) is 0 Å². The molecule has 2 aromatic rings. The van der Waals surface area contributed by atoms with Crippen LogP contribution >= 0.6 is 11.6 Å². The highest BCUT2D eigenvalue weighted by Gasteiger charge is 2.42. The van der Waals surface area contributed by atoms with E-state index < -0.39 is 0 Å². The van der Waals surface area contributed by atoms with Crippen molar-refractivity contribution in [1.82, 2.24) is 0 Å². The summed E-state index contributed by atoms with van der Waals surface area (Å²) in [5, 5.41) is 1.61. The van der Waals surface area contributed by atoms with Gasteiger partial charge >= 0.3 is 0 Å². The Kier molecular flexibility index (Phi) is 4.00. The number of benzene rings is 1. The van der Waals surface area contributed by atoms with Gasteiger partial charge < -0.3 is 14.9 Å². The van der Waals surface area contributed by atoms with Crippen LogP contribution in [0.2, 0.25) is 5.02 Å². The van der Waals surface area contributed by atoms with Crippen LogP contribution < -0.4 is 5.73 Å². The molecule has 0 amide bonds. The number of furan rings is 1. The molecule has 0 spiro atoms. The van der Waals surface area contributed by atoms with E-state index >= 15 is 0 Å². The highest BCUT2D eigenvalue weighted by Crippen LogP contribution is 2.43. The van der Waals surface area contributed by atoms with Crippen molar-refractivity contribution in [2.45, 2.75) is 44.2 Å². The standard InChI is InChI=1S/C17H22ClNO2/c1-11-5-4-8-17(10-11,20-2)16(19)14-9-12-6-3-7-13(18)15(12)21-14/h3,6-7,9,11,16H,4-5,8,10,19H2,1-2H3. The average molecular weight is 308 g/mol. The third-order valence-electron chi connectivity index (χ3n) is 4.79. The Labute approximate surface area is 130 Å². The Balaban J connectivity index is 1.98. The second-order valence-electron chi connectivity index (χ2n) is 6.26. The van der Waals surface area contributed by atoms with Crippen LogP contribution in [0, 0.1) is 5.92 Å². The normalized spacial score (nSPS) is 27.9. The molecule has 1 saturated carbocycles. The Hall–Kier alpha value is -1.03. The lowest BCUT2D eigenvalue weighted by molar-refractivity contribution is -0.0754. The van der Waals surface area contributed by atoms with Gasteiger partial charge in [0, 0.05) is 12.5 Å². The summed E-state index contributed by atoms with van der Waals surface area (Å²) in [6.07, 6.45) is 4.32. The average Bonchev–Trinajstić information content (AvgIpc) is 2.92. The highest BCUT2D eigenvalue weighted by molar-refractivity contribution is 6.34. The molecule has 1 aromatic heterocycles. The summed E-state index contributed by atoms with van der Waals surface area (Å²) in [4.78, 5) is 0. The molecule has 3 unspecified atom stereocenters. The number of nitrogens with two attached hydrogens (primary N) is 1. The van der Waals surface area contributed by atoms with Crippen molar-refractivity contribution in [1.29, 1.82) is 0 Å². The fourth-order valence-corrected chi connectivity index (χ4v) is 3.82. The van der Waals surface area contributed by atoms with E-state index in [-0.39, 0.29) is 11.6 Å². The first kappa shape index (κ1) is 14.9. The van der Waals surface area contributed by atoms with Crippen molar-refractivity contribution in [3.8, 4) is 0 Å². The fourth-order valence-electron chi connectivity index (χ4n) is 3.60. The minimum absolute atomic E-state index is 0.270. The van der Waals surface area contributed by atoms with Crippen molar-refractivity contribution in [3.63, 3.8) is 0 Å². The molecule has 114 valence electrons. The van der Waals surface area contributed by atoms with Gasteiger partial charge in [0.25, 0.3) is 0 Å². The molecule has 1 aromatic carbocycles. The Morgan fingerprint density at radius 2 is 2.29 bits per heavy atom. The summed E-state index contributed by atoms with van der Waals surface area (Å²) in [7, 11) is 1.76. The molecule has 1 fully saturated rings. The van der Waals surface area contributed by atoms with E-state index in [1.165, 1.54) is 6.42 Å². The SMILES string of the molecule is COC1(C(N)c2cc3cccc(Cl)c3o2)CCCC(C)C1. The number of halogens is 1. The molecule has 2 N–H and O–H groups in total. The van der Waals surface area contributed by atoms with Crippen LogP contribution in [0.3, 0.4) is 0 Å². The van der Waals surface area contributed by atoms with E-state index in [4.69, 9.17) is 26.5 Å². The lowest BCUT2D eigenvalue weighted by Crippen LogP contribution is -2.46. The molecule has 1 aliphatic rings. The third-order valence-corrected chi connectivity index (χ3v) is 5.08. The maximum atomic E-state index is 6.53. The summed E-state index contributed by atoms with van der Waals surface area (Å²) in [5.41, 5.74) is 6.90. The zero-order valence-corrected chi connectivity index (χ0v) is 13.3. The van der Waals surface area contributed by atoms with E-state index in [0.29, 0.717) is 16.5 Å². The highest BCUT2D eigenvalue weighted by atomic mass is 35.5. The first-order valence-electron chi connectivity index (χ1n) is 7.54. The molecule has 3 atom stereocenters. The molecule has 0 aliphatic heterocycles. The minimum Gasteiger partial charge on any atom is -0.458 e. The van der Waals surface area contributed by atoms with Crippen molar-refractivity contribution >= 4 is 22.6 Å². The summed E-state index contributed by atoms with van der Waals surface area (Å²) >= 11 is 6.19. The topological polar surface area (TPSA) is 48.4 Å². The Morgan fingerprint density at radius 1 is 1.48 bits per heavy atom. The monoisotopic (exact) mass is 307 g/mol. The predicted molar refractivity (Wildman–Crippen MR) is 85.5 cm³/mol. The lowest BCUT2D eigenvalue weighted by Gasteiger charge is -2.42. The van der Waals surface area contributed by atoms with Gasteiger partial charge in [0.05, 0.1) is 16.7 Å². The van der Waals surface area contributed by atoms with Crippen LogP contribution in [0.15, 0.2) is 28.7 Å². The summed E-state index contributed by atoms with van der Waals surface area (Å²) in [5.74, 6) is 1.38. The largest absolute Gasteiger partial charge is 0.458 e. The van der Waals surface area contributed by atoms with Gasteiger partial charge in [-0.3, -0.25) is 0 Å². The number of hydrogen-bond donors (Lipinski definition) is 1. The quantitative estimate of drug-likeness (QED) is 0.895. The molecule has 0 bridgehead atoms. The number of rotatable bonds is 3. The van der Waals surface area contributed by atoms with Gasteiger partial charge in [-0.1, -0.05) is 43.5 Å². The molecule has 4 heteroatoms. The van der Waals surface area contributed by atoms with E-state index in [1.807, 2.05) is 24.3 Å². The molecule has 1 heterocycles. The van der Waals surface area contributed by atoms with Gasteiger partial charge in [-0.05, 0) is 30.9 Å². The summed E-state index contributed by atoms with van der Waals surface area (Å²) in [6, 6.07) is 7.46. The molecule has 3 rings (SSSR count). The van der Waals surface area contributed by atoms with Crippen molar-refractivity contribution < 1.29 is 9.15 Å². The Bertz CT molecular complexity index is 639. The lowest BCUT2D eigenvalue weighted by atomic mass is 9.74. The van der Waals surface area contributed by atoms with Crippen LogP contribution in [0.25, 0.3) is 11.0 Å². The predicted octanol–water partition coefficient (Wildman–Crippen LogP) is 4.68. The maximum absolute atomic E-state index is 6.53. The van der Waals surface area contributed by atoms with Gasteiger partial charge in [0.1, 0.15) is 5.76 Å². The molecule has 21 heavy (non-hydrogen) atoms. The van der Waals surface area contributed by atoms with Gasteiger partial charge in [0.15, 0.2) is 5.58 Å². The van der Waals surface area contributed by atoms with Gasteiger partial charge in [-0.15, -0.1) is 0 Å². The van der Waals surface area contributed by atoms with Crippen molar-refractivity contribution in [2.75, 3.05) is 7.11 Å². The van der Waals surface area contributed by atoms with E-state index in [9.17, 15) is 0 Å². The number of ether oxygens (including phenoxy) is 1. The van der Waals surface area contributed by atoms with Crippen LogP contribution in [-0.4, -0.2) is 12.7 Å². The number of para-hydroxylation sites is 1.